The van der Waals surface area contributed by atoms with E-state index in [0.717, 1.165) is 5.69 Å². The molecule has 0 amide bonds. The Morgan fingerprint density at radius 1 is 1.50 bits per heavy atom. The molecule has 0 spiro atoms. The smallest absolute Gasteiger partial charge is 0.101 e. The van der Waals surface area contributed by atoms with Gasteiger partial charge in [0, 0.05) is 13.1 Å². The van der Waals surface area contributed by atoms with Gasteiger partial charge in [0.2, 0.25) is 0 Å². The van der Waals surface area contributed by atoms with Gasteiger partial charge in [-0.15, -0.1) is 0 Å². The van der Waals surface area contributed by atoms with Crippen molar-refractivity contribution >= 4 is 17.3 Å². The normalized spacial score (nSPS) is 16.2. The average molecular weight is 209 g/mol. The fourth-order valence-corrected chi connectivity index (χ4v) is 1.86. The number of hydrogen-bond donors (Lipinski definition) is 1. The van der Waals surface area contributed by atoms with Gasteiger partial charge in [-0.1, -0.05) is 17.7 Å². The minimum absolute atomic E-state index is 0.294. The maximum absolute atomic E-state index is 9.17. The Bertz CT molecular complexity index is 394. The summed E-state index contributed by atoms with van der Waals surface area (Å²) in [4.78, 5) is 1.91. The predicted molar refractivity (Wildman–Crippen MR) is 54.4 cm³/mol. The van der Waals surface area contributed by atoms with Gasteiger partial charge in [-0.25, -0.2) is 0 Å². The Hall–Kier alpha value is -1.24. The molecule has 3 nitrogen and oxygen atoms in total. The number of para-hydroxylation sites is 1. The zero-order chi connectivity index (χ0) is 10.1. The lowest BCUT2D eigenvalue weighted by Gasteiger charge is -2.38. The first-order valence-electron chi connectivity index (χ1n) is 4.34. The van der Waals surface area contributed by atoms with Gasteiger partial charge in [-0.3, -0.25) is 0 Å². The molecule has 0 radical (unpaired) electrons. The topological polar surface area (TPSA) is 47.3 Å². The van der Waals surface area contributed by atoms with E-state index in [1.807, 2.05) is 4.90 Å². The number of nitriles is 1. The number of hydrogen-bond acceptors (Lipinski definition) is 3. The van der Waals surface area contributed by atoms with Crippen LogP contribution in [0.1, 0.15) is 5.56 Å². The molecule has 1 aliphatic rings. The van der Waals surface area contributed by atoms with Crippen molar-refractivity contribution in [2.75, 3.05) is 18.0 Å². The van der Waals surface area contributed by atoms with Gasteiger partial charge in [0.15, 0.2) is 0 Å². The van der Waals surface area contributed by atoms with Gasteiger partial charge >= 0.3 is 0 Å². The van der Waals surface area contributed by atoms with Gasteiger partial charge < -0.3 is 10.0 Å². The quantitative estimate of drug-likeness (QED) is 0.759. The van der Waals surface area contributed by atoms with Crippen molar-refractivity contribution in [2.24, 2.45) is 0 Å². The number of rotatable bonds is 1. The Labute approximate surface area is 87.1 Å². The molecule has 0 atom stereocenters. The SMILES string of the molecule is N#Cc1cccc(Cl)c1N1CC(O)C1. The summed E-state index contributed by atoms with van der Waals surface area (Å²) in [5.41, 5.74) is 1.30. The van der Waals surface area contributed by atoms with E-state index in [1.165, 1.54) is 0 Å². The molecule has 1 aromatic rings. The van der Waals surface area contributed by atoms with Crippen LogP contribution >= 0.6 is 11.6 Å². The summed E-state index contributed by atoms with van der Waals surface area (Å²) in [5, 5.41) is 18.6. The molecule has 1 aliphatic heterocycles. The van der Waals surface area contributed by atoms with Crippen molar-refractivity contribution in [3.8, 4) is 6.07 Å². The minimum atomic E-state index is -0.294. The third kappa shape index (κ3) is 1.43. The number of benzene rings is 1. The molecule has 14 heavy (non-hydrogen) atoms. The Balaban J connectivity index is 2.37. The van der Waals surface area contributed by atoms with Gasteiger partial charge in [0.1, 0.15) is 6.07 Å². The lowest BCUT2D eigenvalue weighted by atomic mass is 10.1. The molecule has 0 saturated carbocycles. The van der Waals surface area contributed by atoms with E-state index in [2.05, 4.69) is 6.07 Å². The third-order valence-corrected chi connectivity index (χ3v) is 2.59. The summed E-state index contributed by atoms with van der Waals surface area (Å²) in [5.74, 6) is 0. The number of aliphatic hydroxyl groups is 1. The summed E-state index contributed by atoms with van der Waals surface area (Å²) >= 11 is 5.99. The number of nitrogens with zero attached hydrogens (tertiary/aromatic N) is 2. The molecule has 4 heteroatoms. The average Bonchev–Trinajstić information content (AvgIpc) is 2.13. The molecule has 1 aromatic carbocycles. The number of halogens is 1. The van der Waals surface area contributed by atoms with Crippen LogP contribution in [-0.2, 0) is 0 Å². The van der Waals surface area contributed by atoms with E-state index >= 15 is 0 Å². The summed E-state index contributed by atoms with van der Waals surface area (Å²) < 4.78 is 0. The molecule has 0 unspecified atom stereocenters. The van der Waals surface area contributed by atoms with E-state index in [1.54, 1.807) is 18.2 Å². The molecule has 2 rings (SSSR count). The summed E-state index contributed by atoms with van der Waals surface area (Å²) in [6.45, 7) is 1.11. The third-order valence-electron chi connectivity index (χ3n) is 2.29. The molecule has 0 aliphatic carbocycles. The van der Waals surface area contributed by atoms with Crippen molar-refractivity contribution in [3.63, 3.8) is 0 Å². The maximum atomic E-state index is 9.17. The Kier molecular flexibility index (Phi) is 2.32. The minimum Gasteiger partial charge on any atom is -0.389 e. The van der Waals surface area contributed by atoms with Crippen LogP contribution in [0.4, 0.5) is 5.69 Å². The second-order valence-corrected chi connectivity index (χ2v) is 3.71. The van der Waals surface area contributed by atoms with Crippen molar-refractivity contribution in [2.45, 2.75) is 6.10 Å². The predicted octanol–water partition coefficient (Wildman–Crippen LogP) is 1.39. The van der Waals surface area contributed by atoms with Crippen LogP contribution in [0.3, 0.4) is 0 Å². The zero-order valence-electron chi connectivity index (χ0n) is 7.44. The molecule has 1 heterocycles. The highest BCUT2D eigenvalue weighted by Gasteiger charge is 2.27. The first kappa shape index (κ1) is 9.32. The fourth-order valence-electron chi connectivity index (χ4n) is 1.56. The van der Waals surface area contributed by atoms with E-state index in [4.69, 9.17) is 22.0 Å². The largest absolute Gasteiger partial charge is 0.389 e. The highest BCUT2D eigenvalue weighted by molar-refractivity contribution is 6.33. The van der Waals surface area contributed by atoms with E-state index < -0.39 is 0 Å². The fraction of sp³-hybridized carbons (Fsp3) is 0.300. The molecule has 0 aromatic heterocycles. The maximum Gasteiger partial charge on any atom is 0.101 e. The molecule has 1 N–H and O–H groups in total. The number of β-amino-alcohol motifs (C(OH)–C–C–N with tert-alkyl or cyclic N) is 1. The van der Waals surface area contributed by atoms with E-state index in [9.17, 15) is 0 Å². The molecule has 1 saturated heterocycles. The highest BCUT2D eigenvalue weighted by atomic mass is 35.5. The standard InChI is InChI=1S/C10H9ClN2O/c11-9-3-1-2-7(4-12)10(9)13-5-8(14)6-13/h1-3,8,14H,5-6H2. The van der Waals surface area contributed by atoms with Crippen molar-refractivity contribution in [1.82, 2.24) is 0 Å². The first-order valence-corrected chi connectivity index (χ1v) is 4.72. The molecule has 0 bridgehead atoms. The van der Waals surface area contributed by atoms with Crippen LogP contribution in [0.25, 0.3) is 0 Å². The van der Waals surface area contributed by atoms with Crippen LogP contribution in [0.2, 0.25) is 5.02 Å². The summed E-state index contributed by atoms with van der Waals surface area (Å²) in [6, 6.07) is 7.32. The lowest BCUT2D eigenvalue weighted by Crippen LogP contribution is -2.51. The Morgan fingerprint density at radius 3 is 2.79 bits per heavy atom. The van der Waals surface area contributed by atoms with Crippen molar-refractivity contribution < 1.29 is 5.11 Å². The lowest BCUT2D eigenvalue weighted by molar-refractivity contribution is 0.142. The number of anilines is 1. The molecular weight excluding hydrogens is 200 g/mol. The number of aliphatic hydroxyl groups excluding tert-OH is 1. The summed E-state index contributed by atoms with van der Waals surface area (Å²) in [7, 11) is 0. The monoisotopic (exact) mass is 208 g/mol. The van der Waals surface area contributed by atoms with Gasteiger partial charge in [0.05, 0.1) is 22.4 Å². The van der Waals surface area contributed by atoms with Gasteiger partial charge in [0.25, 0.3) is 0 Å². The zero-order valence-corrected chi connectivity index (χ0v) is 8.20. The molecule has 72 valence electrons. The first-order chi connectivity index (χ1) is 6.72. The van der Waals surface area contributed by atoms with Crippen LogP contribution in [0, 0.1) is 11.3 Å². The second kappa shape index (κ2) is 3.49. The highest BCUT2D eigenvalue weighted by Crippen LogP contribution is 2.32. The van der Waals surface area contributed by atoms with Crippen molar-refractivity contribution in [1.29, 1.82) is 5.26 Å². The van der Waals surface area contributed by atoms with Crippen molar-refractivity contribution in [3.05, 3.63) is 28.8 Å². The second-order valence-electron chi connectivity index (χ2n) is 3.31. The van der Waals surface area contributed by atoms with Crippen LogP contribution in [-0.4, -0.2) is 24.3 Å². The van der Waals surface area contributed by atoms with E-state index in [0.29, 0.717) is 23.7 Å². The Morgan fingerprint density at radius 2 is 2.21 bits per heavy atom. The molecular formula is C10H9ClN2O. The van der Waals surface area contributed by atoms with Crippen LogP contribution in [0.15, 0.2) is 18.2 Å². The molecule has 1 fully saturated rings. The van der Waals surface area contributed by atoms with E-state index in [-0.39, 0.29) is 6.10 Å². The summed E-state index contributed by atoms with van der Waals surface area (Å²) in [6.07, 6.45) is -0.294. The van der Waals surface area contributed by atoms with Gasteiger partial charge in [-0.05, 0) is 12.1 Å². The van der Waals surface area contributed by atoms with Crippen LogP contribution < -0.4 is 4.90 Å². The van der Waals surface area contributed by atoms with Gasteiger partial charge in [-0.2, -0.15) is 5.26 Å². The van der Waals surface area contributed by atoms with Crippen LogP contribution in [0.5, 0.6) is 0 Å².